The second-order valence-electron chi connectivity index (χ2n) is 4.18. The number of aliphatic hydroxyl groups excluding tert-OH is 1. The standard InChI is InChI=1S/C14H15NO4/c16-9-11(8-10-4-2-1-3-5-10)15-13-7-6-12(19-13)14(17)18/h1-7,11,15-16H,8-9H2,(H,17,18). The summed E-state index contributed by atoms with van der Waals surface area (Å²) in [5.74, 6) is -0.900. The maximum absolute atomic E-state index is 10.7. The number of aromatic carboxylic acids is 1. The Hall–Kier alpha value is -2.27. The van der Waals surface area contributed by atoms with Gasteiger partial charge in [0.1, 0.15) is 0 Å². The summed E-state index contributed by atoms with van der Waals surface area (Å²) in [5.41, 5.74) is 1.08. The fourth-order valence-electron chi connectivity index (χ4n) is 1.79. The Bertz CT molecular complexity index is 535. The van der Waals surface area contributed by atoms with Crippen molar-refractivity contribution in [3.05, 3.63) is 53.8 Å². The minimum Gasteiger partial charge on any atom is -0.475 e. The van der Waals surface area contributed by atoms with Crippen molar-refractivity contribution in [1.29, 1.82) is 0 Å². The van der Waals surface area contributed by atoms with Crippen LogP contribution in [0.4, 0.5) is 5.88 Å². The number of nitrogens with one attached hydrogen (secondary N) is 1. The van der Waals surface area contributed by atoms with Gasteiger partial charge in [0.15, 0.2) is 5.88 Å². The fourth-order valence-corrected chi connectivity index (χ4v) is 1.79. The number of carboxylic acids is 1. The molecule has 1 aromatic carbocycles. The van der Waals surface area contributed by atoms with Crippen LogP contribution in [0.3, 0.4) is 0 Å². The quantitative estimate of drug-likeness (QED) is 0.740. The highest BCUT2D eigenvalue weighted by molar-refractivity contribution is 5.84. The van der Waals surface area contributed by atoms with Crippen molar-refractivity contribution >= 4 is 11.9 Å². The third-order valence-corrected chi connectivity index (χ3v) is 2.71. The molecule has 1 aromatic heterocycles. The molecule has 0 aliphatic rings. The van der Waals surface area contributed by atoms with E-state index in [-0.39, 0.29) is 18.4 Å². The molecular weight excluding hydrogens is 246 g/mol. The first-order valence-corrected chi connectivity index (χ1v) is 5.93. The fraction of sp³-hybridized carbons (Fsp3) is 0.214. The number of aliphatic hydroxyl groups is 1. The summed E-state index contributed by atoms with van der Waals surface area (Å²) < 4.78 is 5.09. The molecule has 0 radical (unpaired) electrons. The van der Waals surface area contributed by atoms with Crippen molar-refractivity contribution in [2.75, 3.05) is 11.9 Å². The average Bonchev–Trinajstić information content (AvgIpc) is 2.88. The van der Waals surface area contributed by atoms with E-state index in [1.807, 2.05) is 30.3 Å². The molecule has 0 amide bonds. The summed E-state index contributed by atoms with van der Waals surface area (Å²) in [6, 6.07) is 12.4. The second kappa shape index (κ2) is 6.06. The van der Waals surface area contributed by atoms with Crippen molar-refractivity contribution in [2.45, 2.75) is 12.5 Å². The van der Waals surface area contributed by atoms with Crippen LogP contribution in [0.1, 0.15) is 16.1 Å². The summed E-state index contributed by atoms with van der Waals surface area (Å²) in [7, 11) is 0. The summed E-state index contributed by atoms with van der Waals surface area (Å²) in [6.45, 7) is -0.0714. The van der Waals surface area contributed by atoms with E-state index >= 15 is 0 Å². The van der Waals surface area contributed by atoms with Crippen molar-refractivity contribution in [2.24, 2.45) is 0 Å². The van der Waals surface area contributed by atoms with E-state index in [4.69, 9.17) is 9.52 Å². The second-order valence-corrected chi connectivity index (χ2v) is 4.18. The molecule has 0 aliphatic carbocycles. The van der Waals surface area contributed by atoms with Gasteiger partial charge < -0.3 is 19.9 Å². The molecule has 0 aliphatic heterocycles. The molecule has 0 fully saturated rings. The first kappa shape index (κ1) is 13.2. The van der Waals surface area contributed by atoms with Crippen LogP contribution in [0.2, 0.25) is 0 Å². The highest BCUT2D eigenvalue weighted by Gasteiger charge is 2.13. The first-order valence-electron chi connectivity index (χ1n) is 5.93. The lowest BCUT2D eigenvalue weighted by Crippen LogP contribution is -2.26. The minimum absolute atomic E-state index is 0.0714. The van der Waals surface area contributed by atoms with Gasteiger partial charge in [0.05, 0.1) is 12.6 Å². The number of benzene rings is 1. The van der Waals surface area contributed by atoms with Crippen molar-refractivity contribution in [3.63, 3.8) is 0 Å². The molecule has 19 heavy (non-hydrogen) atoms. The Morgan fingerprint density at radius 1 is 1.21 bits per heavy atom. The summed E-state index contributed by atoms with van der Waals surface area (Å²) in [5, 5.41) is 21.1. The van der Waals surface area contributed by atoms with Gasteiger partial charge in [-0.1, -0.05) is 30.3 Å². The zero-order valence-corrected chi connectivity index (χ0v) is 10.2. The van der Waals surface area contributed by atoms with Gasteiger partial charge in [0, 0.05) is 6.07 Å². The van der Waals surface area contributed by atoms with Crippen molar-refractivity contribution in [3.8, 4) is 0 Å². The summed E-state index contributed by atoms with van der Waals surface area (Å²) >= 11 is 0. The molecule has 1 unspecified atom stereocenters. The Labute approximate surface area is 110 Å². The lowest BCUT2D eigenvalue weighted by Gasteiger charge is -2.15. The maximum Gasteiger partial charge on any atom is 0.371 e. The molecular formula is C14H15NO4. The highest BCUT2D eigenvalue weighted by atomic mass is 16.4. The Balaban J connectivity index is 2.00. The van der Waals surface area contributed by atoms with E-state index in [1.54, 1.807) is 0 Å². The molecule has 2 rings (SSSR count). The van der Waals surface area contributed by atoms with Crippen LogP contribution < -0.4 is 5.32 Å². The van der Waals surface area contributed by atoms with E-state index in [0.29, 0.717) is 12.3 Å². The topological polar surface area (TPSA) is 82.7 Å². The van der Waals surface area contributed by atoms with Crippen LogP contribution in [-0.4, -0.2) is 28.8 Å². The third-order valence-electron chi connectivity index (χ3n) is 2.71. The predicted molar refractivity (Wildman–Crippen MR) is 70.3 cm³/mol. The molecule has 5 heteroatoms. The molecule has 2 aromatic rings. The molecule has 0 bridgehead atoms. The van der Waals surface area contributed by atoms with Gasteiger partial charge in [-0.15, -0.1) is 0 Å². The maximum atomic E-state index is 10.7. The molecule has 1 atom stereocenters. The normalized spacial score (nSPS) is 12.1. The molecule has 0 saturated carbocycles. The number of carboxylic acid groups (broad SMARTS) is 1. The number of hydrogen-bond donors (Lipinski definition) is 3. The molecule has 0 spiro atoms. The van der Waals surface area contributed by atoms with Gasteiger partial charge in [-0.25, -0.2) is 4.79 Å². The van der Waals surface area contributed by atoms with Crippen molar-refractivity contribution < 1.29 is 19.4 Å². The predicted octanol–water partition coefficient (Wildman–Crippen LogP) is 1.99. The lowest BCUT2D eigenvalue weighted by atomic mass is 10.1. The number of rotatable bonds is 6. The molecule has 100 valence electrons. The van der Waals surface area contributed by atoms with Crippen molar-refractivity contribution in [1.82, 2.24) is 0 Å². The Kier molecular flexibility index (Phi) is 4.20. The third kappa shape index (κ3) is 3.59. The zero-order chi connectivity index (χ0) is 13.7. The van der Waals surface area contributed by atoms with Crippen LogP contribution in [0.25, 0.3) is 0 Å². The Morgan fingerprint density at radius 2 is 1.95 bits per heavy atom. The smallest absolute Gasteiger partial charge is 0.371 e. The average molecular weight is 261 g/mol. The molecule has 0 saturated heterocycles. The summed E-state index contributed by atoms with van der Waals surface area (Å²) in [4.78, 5) is 10.7. The number of furan rings is 1. The van der Waals surface area contributed by atoms with Gasteiger partial charge in [0.2, 0.25) is 5.76 Å². The van der Waals surface area contributed by atoms with Crippen LogP contribution in [-0.2, 0) is 6.42 Å². The number of hydrogen-bond acceptors (Lipinski definition) is 4. The van der Waals surface area contributed by atoms with Gasteiger partial charge >= 0.3 is 5.97 Å². The van der Waals surface area contributed by atoms with Crippen LogP contribution in [0.5, 0.6) is 0 Å². The van der Waals surface area contributed by atoms with E-state index in [2.05, 4.69) is 5.32 Å². The van der Waals surface area contributed by atoms with Gasteiger partial charge in [-0.05, 0) is 18.1 Å². The van der Waals surface area contributed by atoms with Crippen LogP contribution >= 0.6 is 0 Å². The molecule has 5 nitrogen and oxygen atoms in total. The van der Waals surface area contributed by atoms with Gasteiger partial charge in [-0.3, -0.25) is 0 Å². The zero-order valence-electron chi connectivity index (χ0n) is 10.2. The van der Waals surface area contributed by atoms with Crippen LogP contribution in [0, 0.1) is 0 Å². The van der Waals surface area contributed by atoms with E-state index < -0.39 is 5.97 Å². The summed E-state index contributed by atoms with van der Waals surface area (Å²) in [6.07, 6.45) is 0.625. The van der Waals surface area contributed by atoms with E-state index in [1.165, 1.54) is 12.1 Å². The monoisotopic (exact) mass is 261 g/mol. The van der Waals surface area contributed by atoms with Crippen LogP contribution in [0.15, 0.2) is 46.9 Å². The highest BCUT2D eigenvalue weighted by Crippen LogP contribution is 2.15. The van der Waals surface area contributed by atoms with Gasteiger partial charge in [-0.2, -0.15) is 0 Å². The van der Waals surface area contributed by atoms with E-state index in [0.717, 1.165) is 5.56 Å². The largest absolute Gasteiger partial charge is 0.475 e. The molecule has 1 heterocycles. The van der Waals surface area contributed by atoms with E-state index in [9.17, 15) is 9.90 Å². The number of anilines is 1. The first-order chi connectivity index (χ1) is 9.19. The van der Waals surface area contributed by atoms with Gasteiger partial charge in [0.25, 0.3) is 0 Å². The number of carbonyl (C=O) groups is 1. The Morgan fingerprint density at radius 3 is 2.53 bits per heavy atom. The molecule has 3 N–H and O–H groups in total. The minimum atomic E-state index is -1.11. The lowest BCUT2D eigenvalue weighted by molar-refractivity contribution is 0.0663. The SMILES string of the molecule is O=C(O)c1ccc(NC(CO)Cc2ccccc2)o1.